The summed E-state index contributed by atoms with van der Waals surface area (Å²) >= 11 is 2.16. The Balaban J connectivity index is 0.000000514. The number of Topliss-reactive ketones (excluding diaryl/α,β-unsaturated/α-hetero) is 2. The summed E-state index contributed by atoms with van der Waals surface area (Å²) in [5.41, 5.74) is 12.3. The number of methoxy groups -OCH3 is 3. The number of anilines is 3. The molecule has 3 heterocycles. The zero-order valence-electron chi connectivity index (χ0n) is 43.3. The molecule has 0 spiro atoms. The first kappa shape index (κ1) is 64.7. The Kier molecular flexibility index (Phi) is 27.4. The molecule has 74 heavy (non-hydrogen) atoms. The van der Waals surface area contributed by atoms with Crippen molar-refractivity contribution >= 4 is 69.6 Å². The molecule has 0 atom stereocenters. The predicted molar refractivity (Wildman–Crippen MR) is 290 cm³/mol. The Morgan fingerprint density at radius 1 is 0.568 bits per heavy atom. The molecule has 6 aromatic rings. The number of carbonyl (C=O) groups excluding carboxylic acids is 4. The van der Waals surface area contributed by atoms with Gasteiger partial charge in [0.2, 0.25) is 0 Å². The van der Waals surface area contributed by atoms with Crippen LogP contribution in [-0.2, 0) is 32.9 Å². The average Bonchev–Trinajstić information content (AvgIpc) is 3.34. The minimum Gasteiger partial charge on any atom is -0.496 e. The number of nitrogens with one attached hydrogen (secondary N) is 4. The first-order valence-corrected chi connectivity index (χ1v) is 23.3. The number of carboxylic acid groups (broad SMARTS) is 1. The van der Waals surface area contributed by atoms with E-state index in [0.717, 1.165) is 28.1 Å². The Bertz CT molecular complexity index is 2650. The largest absolute Gasteiger partial charge is 0.496 e. The van der Waals surface area contributed by atoms with Crippen LogP contribution in [-0.4, -0.2) is 103 Å². The fourth-order valence-corrected chi connectivity index (χ4v) is 5.24. The summed E-state index contributed by atoms with van der Waals surface area (Å²) in [4.78, 5) is 81.2. The summed E-state index contributed by atoms with van der Waals surface area (Å²) in [5.74, 6) is 1.83. The SMILES string of the molecule is CC(=O)C(C)(C)N.COc1ccccc1-c1cc(N)ncn1.COc1ccccc1-c1cc(NC(=O)NC(C)(C)C(=O)O)ncn1.COc1ccccc1-c1cc(NC(=O)NC(C)(C)C(C)=O)ncn1.C[CH-]I.[V]. The van der Waals surface area contributed by atoms with Gasteiger partial charge in [0, 0.05) is 53.4 Å². The van der Waals surface area contributed by atoms with Crippen molar-refractivity contribution < 1.29 is 61.8 Å². The van der Waals surface area contributed by atoms with E-state index in [2.05, 4.69) is 73.8 Å². The van der Waals surface area contributed by atoms with Crippen molar-refractivity contribution in [2.24, 2.45) is 5.73 Å². The number of nitrogens with zero attached hydrogens (tertiary/aromatic N) is 6. The number of amides is 4. The number of rotatable bonds is 13. The van der Waals surface area contributed by atoms with Gasteiger partial charge in [0.15, 0.2) is 5.78 Å². The minimum atomic E-state index is -1.40. The van der Waals surface area contributed by atoms with Crippen molar-refractivity contribution in [1.29, 1.82) is 0 Å². The maximum absolute atomic E-state index is 12.0. The van der Waals surface area contributed by atoms with E-state index in [1.54, 1.807) is 73.3 Å². The van der Waals surface area contributed by atoms with Crippen LogP contribution in [0.2, 0.25) is 0 Å². The van der Waals surface area contributed by atoms with E-state index in [-0.39, 0.29) is 35.9 Å². The van der Waals surface area contributed by atoms with Gasteiger partial charge in [-0.1, -0.05) is 36.4 Å². The second-order valence-electron chi connectivity index (χ2n) is 16.8. The second kappa shape index (κ2) is 31.3. The van der Waals surface area contributed by atoms with E-state index in [4.69, 9.17) is 30.8 Å². The maximum Gasteiger partial charge on any atom is 0.328 e. The number of halogens is 1. The van der Waals surface area contributed by atoms with Gasteiger partial charge in [0.1, 0.15) is 65.0 Å². The minimum absolute atomic E-state index is 0. The van der Waals surface area contributed by atoms with Gasteiger partial charge in [0.05, 0.1) is 49.5 Å². The van der Waals surface area contributed by atoms with Gasteiger partial charge in [-0.25, -0.2) is 44.3 Å². The van der Waals surface area contributed by atoms with Crippen molar-refractivity contribution in [3.8, 4) is 51.0 Å². The van der Waals surface area contributed by atoms with Crippen LogP contribution in [0.5, 0.6) is 17.2 Å². The molecule has 4 amide bonds. The number of carbonyl (C=O) groups is 5. The number of hydrogen-bond acceptors (Lipinski definition) is 16. The number of aliphatic carboxylic acids is 1. The van der Waals surface area contributed by atoms with Crippen LogP contribution in [0.4, 0.5) is 27.0 Å². The van der Waals surface area contributed by atoms with E-state index < -0.39 is 34.6 Å². The molecule has 0 aliphatic carbocycles. The molecule has 0 saturated carbocycles. The number of ether oxygens (including phenoxy) is 3. The third-order valence-electron chi connectivity index (χ3n) is 9.83. The number of nitrogen functional groups attached to an aromatic ring is 1. The van der Waals surface area contributed by atoms with Crippen LogP contribution < -0.4 is 46.9 Å². The Morgan fingerprint density at radius 3 is 1.18 bits per heavy atom. The molecular formula is C51H64IN12O9V-. The third-order valence-corrected chi connectivity index (χ3v) is 9.83. The topological polar surface area (TPSA) is 311 Å². The molecule has 0 bridgehead atoms. The number of urea groups is 2. The van der Waals surface area contributed by atoms with Gasteiger partial charge >= 0.3 is 18.0 Å². The van der Waals surface area contributed by atoms with Crippen molar-refractivity contribution in [3.05, 3.63) is 114 Å². The first-order valence-electron chi connectivity index (χ1n) is 22.1. The molecular weight excluding hydrogens is 1100 g/mol. The molecule has 0 unspecified atom stereocenters. The van der Waals surface area contributed by atoms with E-state index in [9.17, 15) is 24.0 Å². The predicted octanol–water partition coefficient (Wildman–Crippen LogP) is 8.43. The zero-order chi connectivity index (χ0) is 54.9. The molecule has 0 aliphatic rings. The smallest absolute Gasteiger partial charge is 0.328 e. The van der Waals surface area contributed by atoms with E-state index in [1.165, 1.54) is 46.7 Å². The molecule has 6 rings (SSSR count). The van der Waals surface area contributed by atoms with Crippen molar-refractivity contribution in [3.63, 3.8) is 0 Å². The number of hydrogen-bond donors (Lipinski definition) is 7. The fourth-order valence-electron chi connectivity index (χ4n) is 5.24. The fraction of sp³-hybridized carbons (Fsp3) is 0.294. The molecule has 0 saturated heterocycles. The summed E-state index contributed by atoms with van der Waals surface area (Å²) in [5, 5.41) is 19.1. The van der Waals surface area contributed by atoms with Gasteiger partial charge < -0.3 is 64.0 Å². The number of aromatic nitrogens is 6. The molecule has 21 nitrogen and oxygen atoms in total. The van der Waals surface area contributed by atoms with Crippen LogP contribution in [0, 0.1) is 4.43 Å². The molecule has 0 fully saturated rings. The molecule has 9 N–H and O–H groups in total. The number of carboxylic acids is 1. The summed E-state index contributed by atoms with van der Waals surface area (Å²) in [7, 11) is 4.76. The molecule has 3 aromatic heterocycles. The Labute approximate surface area is 457 Å². The van der Waals surface area contributed by atoms with Crippen molar-refractivity contribution in [2.45, 2.75) is 78.9 Å². The van der Waals surface area contributed by atoms with Gasteiger partial charge in [-0.15, -0.1) is 0 Å². The van der Waals surface area contributed by atoms with Gasteiger partial charge in [-0.05, 0) is 91.8 Å². The van der Waals surface area contributed by atoms with Crippen LogP contribution in [0.3, 0.4) is 0 Å². The molecule has 23 heteroatoms. The molecule has 0 aliphatic heterocycles. The van der Waals surface area contributed by atoms with Crippen molar-refractivity contribution in [2.75, 3.05) is 37.7 Å². The van der Waals surface area contributed by atoms with Crippen molar-refractivity contribution in [1.82, 2.24) is 40.5 Å². The van der Waals surface area contributed by atoms with Crippen LogP contribution in [0.15, 0.2) is 110 Å². The standard InChI is InChI=1S/C17H20N4O3.C16H18N4O4.C11H11N3O.C5H11NO.C2H4I.V/c1-11(22)17(2,3)21-16(23)20-15-9-13(18-10-19-15)12-7-5-6-8-14(12)24-4;1-16(2,14(21)22)20-15(23)19-13-8-11(17-9-18-13)10-6-4-5-7-12(10)24-3;1-15-10-5-3-2-4-8(10)9-6-11(12)14-7-13-9;1-4(7)5(2,3)6;1-2-3;/h5-10H,1-4H3,(H2,18,19,20,21,23);4-9H,1-3H3,(H,21,22)(H2,17,18,19,20,23);2-7H,1H3,(H2,12,13,14);6H2,1-3H3;2H,1H3;/q;;;;-1;. The Hall–Kier alpha value is -7.28. The number of para-hydroxylation sites is 3. The summed E-state index contributed by atoms with van der Waals surface area (Å²) in [6.07, 6.45) is 4.10. The van der Waals surface area contributed by atoms with Gasteiger partial charge in [-0.2, -0.15) is 6.92 Å². The Morgan fingerprint density at radius 2 is 0.878 bits per heavy atom. The number of ketones is 2. The summed E-state index contributed by atoms with van der Waals surface area (Å²) in [6.45, 7) is 14.3. The first-order chi connectivity index (χ1) is 34.3. The van der Waals surface area contributed by atoms with E-state index in [0.29, 0.717) is 34.5 Å². The molecule has 1 radical (unpaired) electrons. The monoisotopic (exact) mass is 1170 g/mol. The molecule has 395 valence electrons. The normalized spacial score (nSPS) is 10.4. The van der Waals surface area contributed by atoms with Crippen LogP contribution >= 0.6 is 22.6 Å². The maximum atomic E-state index is 12.0. The van der Waals surface area contributed by atoms with Gasteiger partial charge in [-0.3, -0.25) is 24.7 Å². The second-order valence-corrected chi connectivity index (χ2v) is 18.0. The quantitative estimate of drug-likeness (QED) is 0.0421. The number of nitrogens with two attached hydrogens (primary N) is 2. The average molecular weight is 1170 g/mol. The zero-order valence-corrected chi connectivity index (χ0v) is 46.9. The van der Waals surface area contributed by atoms with Gasteiger partial charge in [0.25, 0.3) is 0 Å². The summed E-state index contributed by atoms with van der Waals surface area (Å²) in [6, 6.07) is 26.1. The van der Waals surface area contributed by atoms with Crippen LogP contribution in [0.1, 0.15) is 62.3 Å². The number of benzene rings is 3. The van der Waals surface area contributed by atoms with E-state index in [1.807, 2.05) is 78.1 Å². The molecule has 3 aromatic carbocycles. The van der Waals surface area contributed by atoms with Crippen LogP contribution in [0.25, 0.3) is 33.8 Å². The summed E-state index contributed by atoms with van der Waals surface area (Å²) < 4.78 is 17.8. The van der Waals surface area contributed by atoms with E-state index >= 15 is 0 Å². The third kappa shape index (κ3) is 21.8.